The minimum atomic E-state index is -0.522. The van der Waals surface area contributed by atoms with Crippen LogP contribution in [0.2, 0.25) is 0 Å². The van der Waals surface area contributed by atoms with E-state index in [-0.39, 0.29) is 10.9 Å². The average molecular weight is 170 g/mol. The van der Waals surface area contributed by atoms with E-state index in [1.165, 1.54) is 6.08 Å². The average Bonchev–Trinajstić information content (AvgIpc) is 2.08. The minimum Gasteiger partial charge on any atom is -0.510 e. The lowest BCUT2D eigenvalue weighted by atomic mass is 10.1. The van der Waals surface area contributed by atoms with Crippen LogP contribution in [-0.4, -0.2) is 15.0 Å². The molecule has 11 heavy (non-hydrogen) atoms. The third-order valence-electron chi connectivity index (χ3n) is 1.56. The SMILES string of the molecule is C/C=C/[C@@]1(C)SC(=O)C=C1O. The van der Waals surface area contributed by atoms with Gasteiger partial charge in [-0.25, -0.2) is 0 Å². The Morgan fingerprint density at radius 2 is 2.36 bits per heavy atom. The Morgan fingerprint density at radius 1 is 1.73 bits per heavy atom. The fourth-order valence-electron chi connectivity index (χ4n) is 0.983. The number of carbonyl (C=O) groups excluding carboxylic acids is 1. The zero-order valence-electron chi connectivity index (χ0n) is 6.50. The lowest BCUT2D eigenvalue weighted by Gasteiger charge is -2.16. The molecule has 1 aliphatic heterocycles. The van der Waals surface area contributed by atoms with E-state index in [4.69, 9.17) is 0 Å². The number of carbonyl (C=O) groups is 1. The second-order valence-electron chi connectivity index (χ2n) is 2.56. The van der Waals surface area contributed by atoms with E-state index in [0.29, 0.717) is 0 Å². The normalized spacial score (nSPS) is 31.5. The molecule has 1 aliphatic rings. The number of rotatable bonds is 1. The predicted octanol–water partition coefficient (Wildman–Crippen LogP) is 2.04. The second-order valence-corrected chi connectivity index (χ2v) is 4.01. The highest BCUT2D eigenvalue weighted by molar-refractivity contribution is 8.15. The largest absolute Gasteiger partial charge is 0.510 e. The van der Waals surface area contributed by atoms with E-state index < -0.39 is 4.75 Å². The minimum absolute atomic E-state index is 0.0805. The first-order valence-corrected chi connectivity index (χ1v) is 4.18. The molecule has 1 heterocycles. The summed E-state index contributed by atoms with van der Waals surface area (Å²) >= 11 is 1.13. The van der Waals surface area contributed by atoms with E-state index in [0.717, 1.165) is 11.8 Å². The zero-order chi connectivity index (χ0) is 8.48. The molecule has 0 aromatic rings. The Labute approximate surface area is 70.0 Å². The van der Waals surface area contributed by atoms with Crippen LogP contribution in [0.4, 0.5) is 0 Å². The van der Waals surface area contributed by atoms with Gasteiger partial charge in [0.15, 0.2) is 0 Å². The van der Waals surface area contributed by atoms with Crippen LogP contribution in [0.3, 0.4) is 0 Å². The summed E-state index contributed by atoms with van der Waals surface area (Å²) in [6, 6.07) is 0. The van der Waals surface area contributed by atoms with E-state index in [1.54, 1.807) is 0 Å². The van der Waals surface area contributed by atoms with Crippen molar-refractivity contribution in [1.29, 1.82) is 0 Å². The molecule has 0 unspecified atom stereocenters. The van der Waals surface area contributed by atoms with Crippen LogP contribution in [0.5, 0.6) is 0 Å². The molecule has 0 fully saturated rings. The van der Waals surface area contributed by atoms with Crippen molar-refractivity contribution < 1.29 is 9.90 Å². The zero-order valence-corrected chi connectivity index (χ0v) is 7.31. The molecule has 3 heteroatoms. The van der Waals surface area contributed by atoms with E-state index in [1.807, 2.05) is 26.0 Å². The molecule has 0 saturated carbocycles. The number of thioether (sulfide) groups is 1. The van der Waals surface area contributed by atoms with Crippen molar-refractivity contribution in [2.24, 2.45) is 0 Å². The fourth-order valence-corrected chi connectivity index (χ4v) is 1.94. The summed E-state index contributed by atoms with van der Waals surface area (Å²) in [4.78, 5) is 10.8. The lowest BCUT2D eigenvalue weighted by molar-refractivity contribution is -0.106. The maximum absolute atomic E-state index is 10.8. The molecule has 1 atom stereocenters. The number of aliphatic hydroxyl groups is 1. The monoisotopic (exact) mass is 170 g/mol. The smallest absolute Gasteiger partial charge is 0.216 e. The van der Waals surface area contributed by atoms with Gasteiger partial charge in [-0.15, -0.1) is 0 Å². The summed E-state index contributed by atoms with van der Waals surface area (Å²) < 4.78 is -0.522. The summed E-state index contributed by atoms with van der Waals surface area (Å²) in [5, 5.41) is 9.24. The summed E-state index contributed by atoms with van der Waals surface area (Å²) in [7, 11) is 0. The molecule has 2 nitrogen and oxygen atoms in total. The highest BCUT2D eigenvalue weighted by atomic mass is 32.2. The van der Waals surface area contributed by atoms with E-state index in [9.17, 15) is 9.90 Å². The quantitative estimate of drug-likeness (QED) is 0.612. The Morgan fingerprint density at radius 3 is 2.73 bits per heavy atom. The van der Waals surface area contributed by atoms with E-state index >= 15 is 0 Å². The highest BCUT2D eigenvalue weighted by Gasteiger charge is 2.35. The molecule has 1 rings (SSSR count). The number of hydrogen-bond acceptors (Lipinski definition) is 3. The number of allylic oxidation sites excluding steroid dienone is 1. The summed E-state index contributed by atoms with van der Waals surface area (Å²) in [5.41, 5.74) is 0. The number of hydrogen-bond donors (Lipinski definition) is 1. The van der Waals surface area contributed by atoms with Gasteiger partial charge in [0.1, 0.15) is 5.76 Å². The maximum atomic E-state index is 10.8. The highest BCUT2D eigenvalue weighted by Crippen LogP contribution is 2.39. The van der Waals surface area contributed by atoms with Crippen LogP contribution in [-0.2, 0) is 4.79 Å². The van der Waals surface area contributed by atoms with Crippen molar-refractivity contribution in [3.8, 4) is 0 Å². The predicted molar refractivity (Wildman–Crippen MR) is 46.5 cm³/mol. The van der Waals surface area contributed by atoms with Gasteiger partial charge in [0.2, 0.25) is 5.12 Å². The van der Waals surface area contributed by atoms with Gasteiger partial charge in [0, 0.05) is 6.08 Å². The third-order valence-corrected chi connectivity index (χ3v) is 2.65. The standard InChI is InChI=1S/C8H10O2S/c1-3-4-8(2)6(9)5-7(10)11-8/h3-5,9H,1-2H3/b4-3+/t8-/m1/s1. The molecule has 1 N–H and O–H groups in total. The fraction of sp³-hybridized carbons (Fsp3) is 0.375. The van der Waals surface area contributed by atoms with Crippen LogP contribution in [0.1, 0.15) is 13.8 Å². The Kier molecular flexibility index (Phi) is 2.09. The van der Waals surface area contributed by atoms with Gasteiger partial charge in [-0.2, -0.15) is 0 Å². The Balaban J connectivity index is 2.92. The van der Waals surface area contributed by atoms with Crippen LogP contribution in [0, 0.1) is 0 Å². The molecular weight excluding hydrogens is 160 g/mol. The Hall–Kier alpha value is -0.700. The molecule has 0 radical (unpaired) electrons. The molecule has 60 valence electrons. The maximum Gasteiger partial charge on any atom is 0.216 e. The summed E-state index contributed by atoms with van der Waals surface area (Å²) in [6.07, 6.45) is 4.91. The second kappa shape index (κ2) is 2.74. The summed E-state index contributed by atoms with van der Waals surface area (Å²) in [5.74, 6) is 0.144. The molecule has 0 saturated heterocycles. The van der Waals surface area contributed by atoms with Crippen LogP contribution >= 0.6 is 11.8 Å². The summed E-state index contributed by atoms with van der Waals surface area (Å²) in [6.45, 7) is 3.68. The van der Waals surface area contributed by atoms with Gasteiger partial charge in [0.25, 0.3) is 0 Å². The van der Waals surface area contributed by atoms with Crippen molar-refractivity contribution in [2.75, 3.05) is 0 Å². The van der Waals surface area contributed by atoms with Gasteiger partial charge in [-0.1, -0.05) is 23.9 Å². The first-order valence-electron chi connectivity index (χ1n) is 3.36. The molecule has 0 spiro atoms. The van der Waals surface area contributed by atoms with Gasteiger partial charge >= 0.3 is 0 Å². The van der Waals surface area contributed by atoms with Gasteiger partial charge < -0.3 is 5.11 Å². The molecule has 0 aromatic heterocycles. The van der Waals surface area contributed by atoms with Gasteiger partial charge in [-0.05, 0) is 13.8 Å². The Bertz CT molecular complexity index is 242. The van der Waals surface area contributed by atoms with Crippen molar-refractivity contribution in [1.82, 2.24) is 0 Å². The molecule has 0 amide bonds. The van der Waals surface area contributed by atoms with Crippen LogP contribution in [0.25, 0.3) is 0 Å². The van der Waals surface area contributed by atoms with E-state index in [2.05, 4.69) is 0 Å². The molecule has 0 aromatic carbocycles. The van der Waals surface area contributed by atoms with Crippen molar-refractivity contribution in [2.45, 2.75) is 18.6 Å². The lowest BCUT2D eigenvalue weighted by Crippen LogP contribution is -2.16. The molecular formula is C8H10O2S. The van der Waals surface area contributed by atoms with Crippen molar-refractivity contribution in [3.63, 3.8) is 0 Å². The van der Waals surface area contributed by atoms with Gasteiger partial charge in [-0.3, -0.25) is 4.79 Å². The number of aliphatic hydroxyl groups excluding tert-OH is 1. The van der Waals surface area contributed by atoms with Crippen LogP contribution < -0.4 is 0 Å². The topological polar surface area (TPSA) is 37.3 Å². The first-order chi connectivity index (χ1) is 5.08. The van der Waals surface area contributed by atoms with Crippen molar-refractivity contribution in [3.05, 3.63) is 24.0 Å². The van der Waals surface area contributed by atoms with Gasteiger partial charge in [0.05, 0.1) is 4.75 Å². The first kappa shape index (κ1) is 8.40. The third kappa shape index (κ3) is 1.48. The van der Waals surface area contributed by atoms with Crippen molar-refractivity contribution >= 4 is 16.9 Å². The molecule has 0 bridgehead atoms. The van der Waals surface area contributed by atoms with Crippen LogP contribution in [0.15, 0.2) is 24.0 Å². The molecule has 0 aliphatic carbocycles.